The number of ether oxygens (including phenoxy) is 1. The molecule has 1 fully saturated rings. The van der Waals surface area contributed by atoms with Gasteiger partial charge < -0.3 is 4.74 Å². The van der Waals surface area contributed by atoms with Crippen LogP contribution in [-0.4, -0.2) is 44.8 Å². The molecule has 0 saturated carbocycles. The average Bonchev–Trinajstić information content (AvgIpc) is 3.34. The number of carbonyl (C=O) groups is 1. The van der Waals surface area contributed by atoms with Crippen molar-refractivity contribution in [2.75, 3.05) is 24.3 Å². The lowest BCUT2D eigenvalue weighted by atomic mass is 10.1. The summed E-state index contributed by atoms with van der Waals surface area (Å²) in [5.74, 6) is -0.375. The van der Waals surface area contributed by atoms with Crippen LogP contribution in [0.25, 0.3) is 10.2 Å². The second-order valence-corrected chi connectivity index (χ2v) is 10.7. The lowest BCUT2D eigenvalue weighted by Crippen LogP contribution is -2.38. The topological polar surface area (TPSA) is 76.6 Å². The van der Waals surface area contributed by atoms with E-state index in [-0.39, 0.29) is 22.5 Å². The number of nitrogens with zero attached hydrogens (tertiary/aromatic N) is 2. The zero-order valence-electron chi connectivity index (χ0n) is 17.2. The molecule has 6 nitrogen and oxygen atoms in total. The van der Waals surface area contributed by atoms with Crippen LogP contribution >= 0.6 is 11.3 Å². The molecule has 1 amide bonds. The molecule has 1 unspecified atom stereocenters. The summed E-state index contributed by atoms with van der Waals surface area (Å²) >= 11 is 1.44. The molecule has 2 aromatic carbocycles. The highest BCUT2D eigenvalue weighted by Crippen LogP contribution is 2.33. The maximum atomic E-state index is 13.6. The van der Waals surface area contributed by atoms with Gasteiger partial charge >= 0.3 is 0 Å². The monoisotopic (exact) mass is 444 g/mol. The summed E-state index contributed by atoms with van der Waals surface area (Å²) < 4.78 is 31.3. The van der Waals surface area contributed by atoms with Crippen LogP contribution in [0.1, 0.15) is 34.3 Å². The molecule has 1 aliphatic rings. The molecule has 4 rings (SSSR count). The van der Waals surface area contributed by atoms with Gasteiger partial charge in [0.2, 0.25) is 0 Å². The van der Waals surface area contributed by atoms with E-state index in [1.54, 1.807) is 23.1 Å². The Labute approximate surface area is 180 Å². The molecule has 8 heteroatoms. The minimum atomic E-state index is -3.55. The zero-order valence-corrected chi connectivity index (χ0v) is 18.8. The van der Waals surface area contributed by atoms with Crippen LogP contribution in [0.5, 0.6) is 0 Å². The third kappa shape index (κ3) is 4.12. The van der Waals surface area contributed by atoms with Crippen LogP contribution in [0.3, 0.4) is 0 Å². The van der Waals surface area contributed by atoms with Gasteiger partial charge in [-0.1, -0.05) is 29.5 Å². The number of benzene rings is 2. The first-order valence-corrected chi connectivity index (χ1v) is 12.5. The molecule has 0 N–H and O–H groups in total. The summed E-state index contributed by atoms with van der Waals surface area (Å²) in [5, 5.41) is 0.558. The first kappa shape index (κ1) is 21.0. The zero-order chi connectivity index (χ0) is 21.5. The van der Waals surface area contributed by atoms with Crippen molar-refractivity contribution in [2.45, 2.75) is 37.7 Å². The number of hydrogen-bond acceptors (Lipinski definition) is 6. The van der Waals surface area contributed by atoms with Crippen LogP contribution in [0.4, 0.5) is 5.13 Å². The van der Waals surface area contributed by atoms with Crippen LogP contribution in [-0.2, 0) is 14.6 Å². The Kier molecular flexibility index (Phi) is 5.65. The van der Waals surface area contributed by atoms with E-state index < -0.39 is 9.84 Å². The van der Waals surface area contributed by atoms with Crippen LogP contribution < -0.4 is 4.90 Å². The van der Waals surface area contributed by atoms with Crippen LogP contribution in [0.2, 0.25) is 0 Å². The van der Waals surface area contributed by atoms with E-state index in [2.05, 4.69) is 12.1 Å². The Bertz CT molecular complexity index is 1210. The van der Waals surface area contributed by atoms with Crippen molar-refractivity contribution < 1.29 is 17.9 Å². The smallest absolute Gasteiger partial charge is 0.261 e. The Morgan fingerprint density at radius 3 is 2.73 bits per heavy atom. The summed E-state index contributed by atoms with van der Waals surface area (Å²) in [6.07, 6.45) is 2.84. The maximum absolute atomic E-state index is 13.6. The molecule has 2 heterocycles. The number of aromatic nitrogens is 1. The molecule has 3 aromatic rings. The number of anilines is 1. The van der Waals surface area contributed by atoms with Gasteiger partial charge in [0.25, 0.3) is 5.91 Å². The highest BCUT2D eigenvalue weighted by molar-refractivity contribution is 7.90. The number of hydrogen-bond donors (Lipinski definition) is 0. The van der Waals surface area contributed by atoms with E-state index in [0.29, 0.717) is 18.3 Å². The Morgan fingerprint density at radius 2 is 2.03 bits per heavy atom. The number of rotatable bonds is 5. The first-order valence-electron chi connectivity index (χ1n) is 9.84. The van der Waals surface area contributed by atoms with E-state index in [1.165, 1.54) is 17.4 Å². The van der Waals surface area contributed by atoms with Gasteiger partial charge in [0.15, 0.2) is 15.0 Å². The molecule has 1 atom stereocenters. The van der Waals surface area contributed by atoms with Gasteiger partial charge in [-0.25, -0.2) is 13.4 Å². The molecule has 0 spiro atoms. The second kappa shape index (κ2) is 8.09. The quantitative estimate of drug-likeness (QED) is 0.591. The molecule has 1 aliphatic heterocycles. The largest absolute Gasteiger partial charge is 0.376 e. The molecule has 1 saturated heterocycles. The Hall–Kier alpha value is -2.29. The van der Waals surface area contributed by atoms with Crippen LogP contribution in [0.15, 0.2) is 41.3 Å². The van der Waals surface area contributed by atoms with Gasteiger partial charge in [0, 0.05) is 12.9 Å². The molecule has 158 valence electrons. The van der Waals surface area contributed by atoms with Crippen molar-refractivity contribution in [3.8, 4) is 0 Å². The highest BCUT2D eigenvalue weighted by Gasteiger charge is 2.30. The number of aryl methyl sites for hydroxylation is 2. The minimum Gasteiger partial charge on any atom is -0.376 e. The van der Waals surface area contributed by atoms with Crippen molar-refractivity contribution in [1.29, 1.82) is 0 Å². The first-order chi connectivity index (χ1) is 14.2. The van der Waals surface area contributed by atoms with Gasteiger partial charge in [-0.3, -0.25) is 9.69 Å². The number of carbonyl (C=O) groups excluding carboxylic acids is 1. The third-order valence-corrected chi connectivity index (χ3v) is 7.40. The molecule has 1 aromatic heterocycles. The van der Waals surface area contributed by atoms with E-state index >= 15 is 0 Å². The van der Waals surface area contributed by atoms with Crippen molar-refractivity contribution in [3.63, 3.8) is 0 Å². The molecular formula is C22H24N2O4S2. The molecular weight excluding hydrogens is 420 g/mol. The normalized spacial score (nSPS) is 16.8. The third-order valence-electron chi connectivity index (χ3n) is 5.22. The fraction of sp³-hybridized carbons (Fsp3) is 0.364. The molecule has 0 aliphatic carbocycles. The predicted octanol–water partition coefficient (Wildman–Crippen LogP) is 4.14. The molecule has 0 radical (unpaired) electrons. The lowest BCUT2D eigenvalue weighted by molar-refractivity contribution is 0.0915. The fourth-order valence-corrected chi connectivity index (χ4v) is 5.86. The van der Waals surface area contributed by atoms with E-state index in [4.69, 9.17) is 9.72 Å². The fourth-order valence-electron chi connectivity index (χ4n) is 3.83. The lowest BCUT2D eigenvalue weighted by Gasteiger charge is -2.24. The summed E-state index contributed by atoms with van der Waals surface area (Å²) in [4.78, 5) is 20.0. The number of amides is 1. The van der Waals surface area contributed by atoms with E-state index in [9.17, 15) is 13.2 Å². The average molecular weight is 445 g/mol. The number of thiazole rings is 1. The summed E-state index contributed by atoms with van der Waals surface area (Å²) in [7, 11) is -3.55. The molecule has 0 bridgehead atoms. The standard InChI is InChI=1S/C22H24N2O4S2/c1-14-11-15(2)20-18(12-14)29-22(23-20)24(13-16-7-6-10-28-16)21(25)17-8-4-5-9-19(17)30(3,26)27/h4-5,8-9,11-12,16H,6-7,10,13H2,1-3H3. The van der Waals surface area contributed by atoms with Crippen molar-refractivity contribution in [1.82, 2.24) is 4.98 Å². The van der Waals surface area contributed by atoms with Gasteiger partial charge in [0.05, 0.1) is 33.3 Å². The van der Waals surface area contributed by atoms with Crippen LogP contribution in [0, 0.1) is 13.8 Å². The summed E-state index contributed by atoms with van der Waals surface area (Å²) in [5.41, 5.74) is 3.20. The van der Waals surface area contributed by atoms with Crippen molar-refractivity contribution >= 4 is 42.4 Å². The van der Waals surface area contributed by atoms with Gasteiger partial charge in [-0.05, 0) is 56.0 Å². The summed E-state index contributed by atoms with van der Waals surface area (Å²) in [6, 6.07) is 10.5. The minimum absolute atomic E-state index is 0.0282. The predicted molar refractivity (Wildman–Crippen MR) is 119 cm³/mol. The number of sulfone groups is 1. The Morgan fingerprint density at radius 1 is 1.27 bits per heavy atom. The van der Waals surface area contributed by atoms with E-state index in [1.807, 2.05) is 13.8 Å². The van der Waals surface area contributed by atoms with Gasteiger partial charge in [-0.2, -0.15) is 0 Å². The van der Waals surface area contributed by atoms with Crippen molar-refractivity contribution in [3.05, 3.63) is 53.1 Å². The van der Waals surface area contributed by atoms with Gasteiger partial charge in [0.1, 0.15) is 0 Å². The molecule has 30 heavy (non-hydrogen) atoms. The second-order valence-electron chi connectivity index (χ2n) is 7.74. The van der Waals surface area contributed by atoms with E-state index in [0.717, 1.165) is 40.4 Å². The SMILES string of the molecule is Cc1cc(C)c2nc(N(CC3CCCO3)C(=O)c3ccccc3S(C)(=O)=O)sc2c1. The van der Waals surface area contributed by atoms with Crippen molar-refractivity contribution in [2.24, 2.45) is 0 Å². The maximum Gasteiger partial charge on any atom is 0.261 e. The summed E-state index contributed by atoms with van der Waals surface area (Å²) in [6.45, 7) is 5.05. The van der Waals surface area contributed by atoms with Gasteiger partial charge in [-0.15, -0.1) is 0 Å². The Balaban J connectivity index is 1.81. The number of fused-ring (bicyclic) bond motifs is 1. The highest BCUT2D eigenvalue weighted by atomic mass is 32.2.